The van der Waals surface area contributed by atoms with Gasteiger partial charge >= 0.3 is 0 Å². The molecule has 0 aliphatic rings. The molecule has 0 aliphatic heterocycles. The maximum Gasteiger partial charge on any atom is 0.187 e. The van der Waals surface area contributed by atoms with Crippen molar-refractivity contribution in [2.45, 2.75) is 0 Å². The smallest absolute Gasteiger partial charge is 0.187 e. The molecule has 0 saturated carbocycles. The van der Waals surface area contributed by atoms with Crippen molar-refractivity contribution < 1.29 is 0 Å². The van der Waals surface area contributed by atoms with Crippen LogP contribution in [0.1, 0.15) is 0 Å². The molecule has 2 N–H and O–H groups in total. The van der Waals surface area contributed by atoms with Crippen molar-refractivity contribution in [2.75, 3.05) is 5.73 Å². The summed E-state index contributed by atoms with van der Waals surface area (Å²) in [6.45, 7) is 6.93. The van der Waals surface area contributed by atoms with Crippen molar-refractivity contribution in [1.82, 2.24) is 14.4 Å². The van der Waals surface area contributed by atoms with Gasteiger partial charge in [0, 0.05) is 18.0 Å². The minimum absolute atomic E-state index is 0.318. The van der Waals surface area contributed by atoms with E-state index >= 15 is 0 Å². The highest BCUT2D eigenvalue weighted by Crippen LogP contribution is 2.29. The van der Waals surface area contributed by atoms with E-state index in [1.165, 1.54) is 0 Å². The minimum Gasteiger partial charge on any atom is -0.381 e. The topological polar surface area (TPSA) is 60.6 Å². The van der Waals surface area contributed by atoms with Crippen LogP contribution in [-0.2, 0) is 0 Å². The summed E-state index contributed by atoms with van der Waals surface area (Å²) < 4.78 is 1.68. The van der Waals surface area contributed by atoms with Crippen LogP contribution in [-0.4, -0.2) is 14.4 Å². The van der Waals surface area contributed by atoms with Crippen molar-refractivity contribution in [1.29, 1.82) is 0 Å². The molecule has 2 heterocycles. The Morgan fingerprint density at radius 1 is 1.26 bits per heavy atom. The molecular formula is C13H8ClN5. The quantitative estimate of drug-likeness (QED) is 0.690. The average molecular weight is 270 g/mol. The predicted octanol–water partition coefficient (Wildman–Crippen LogP) is 3.18. The summed E-state index contributed by atoms with van der Waals surface area (Å²) in [6, 6.07) is 7.02. The summed E-state index contributed by atoms with van der Waals surface area (Å²) in [5.74, 6) is 0.318. The zero-order chi connectivity index (χ0) is 13.4. The average Bonchev–Trinajstić information content (AvgIpc) is 2.93. The Bertz CT molecular complexity index is 798. The van der Waals surface area contributed by atoms with Crippen LogP contribution in [0, 0.1) is 6.57 Å². The first-order valence-electron chi connectivity index (χ1n) is 5.46. The number of anilines is 1. The number of imidazole rings is 1. The molecular weight excluding hydrogens is 262 g/mol. The van der Waals surface area contributed by atoms with Gasteiger partial charge in [-0.15, -0.1) is 0 Å². The molecule has 0 unspecified atom stereocenters. The fraction of sp³-hybridized carbons (Fsp3) is 0. The van der Waals surface area contributed by atoms with Crippen LogP contribution < -0.4 is 5.73 Å². The fourth-order valence-electron chi connectivity index (χ4n) is 1.86. The maximum absolute atomic E-state index is 6.93. The summed E-state index contributed by atoms with van der Waals surface area (Å²) in [7, 11) is 0. The van der Waals surface area contributed by atoms with Crippen molar-refractivity contribution in [3.63, 3.8) is 0 Å². The van der Waals surface area contributed by atoms with Crippen LogP contribution in [0.25, 0.3) is 21.7 Å². The Morgan fingerprint density at radius 2 is 2.00 bits per heavy atom. The third-order valence-corrected chi connectivity index (χ3v) is 3.14. The molecule has 6 heteroatoms. The summed E-state index contributed by atoms with van der Waals surface area (Å²) >= 11 is 6.31. The maximum atomic E-state index is 6.93. The molecule has 19 heavy (non-hydrogen) atoms. The van der Waals surface area contributed by atoms with E-state index < -0.39 is 0 Å². The molecule has 1 aromatic carbocycles. The normalized spacial score (nSPS) is 10.5. The molecule has 0 radical (unpaired) electrons. The number of halogens is 1. The Balaban J connectivity index is 2.24. The number of aromatic nitrogens is 3. The van der Waals surface area contributed by atoms with Crippen LogP contribution in [0.15, 0.2) is 36.7 Å². The number of rotatable bonds is 1. The second kappa shape index (κ2) is 4.26. The van der Waals surface area contributed by atoms with Gasteiger partial charge < -0.3 is 5.73 Å². The van der Waals surface area contributed by atoms with Gasteiger partial charge in [-0.25, -0.2) is 14.8 Å². The van der Waals surface area contributed by atoms with Gasteiger partial charge in [0.2, 0.25) is 0 Å². The largest absolute Gasteiger partial charge is 0.381 e. The van der Waals surface area contributed by atoms with Crippen LogP contribution >= 0.6 is 11.6 Å². The zero-order valence-electron chi connectivity index (χ0n) is 9.71. The van der Waals surface area contributed by atoms with Gasteiger partial charge in [0.1, 0.15) is 10.8 Å². The molecule has 0 amide bonds. The SMILES string of the molecule is [C-]#[N+]c1ccc(-c2nc(N)c3nccn3c2Cl)cc1. The van der Waals surface area contributed by atoms with Crippen LogP contribution in [0.4, 0.5) is 11.5 Å². The van der Waals surface area contributed by atoms with Gasteiger partial charge in [-0.2, -0.15) is 0 Å². The van der Waals surface area contributed by atoms with Gasteiger partial charge in [0.15, 0.2) is 17.2 Å². The van der Waals surface area contributed by atoms with Gasteiger partial charge in [0.25, 0.3) is 0 Å². The number of hydrogen-bond donors (Lipinski definition) is 1. The number of benzene rings is 1. The van der Waals surface area contributed by atoms with E-state index in [-0.39, 0.29) is 0 Å². The summed E-state index contributed by atoms with van der Waals surface area (Å²) in [5, 5.41) is 0.442. The van der Waals surface area contributed by atoms with Crippen molar-refractivity contribution >= 4 is 28.8 Å². The standard InChI is InChI=1S/C13H8ClN5/c1-16-9-4-2-8(3-5-9)10-11(14)19-7-6-17-13(19)12(15)18-10/h2-7H,(H2,15,18). The van der Waals surface area contributed by atoms with E-state index in [9.17, 15) is 0 Å². The molecule has 5 nitrogen and oxygen atoms in total. The van der Waals surface area contributed by atoms with E-state index in [4.69, 9.17) is 23.9 Å². The predicted molar refractivity (Wildman–Crippen MR) is 74.1 cm³/mol. The number of nitrogens with two attached hydrogens (primary N) is 1. The molecule has 0 spiro atoms. The van der Waals surface area contributed by atoms with E-state index in [0.29, 0.717) is 28.0 Å². The highest BCUT2D eigenvalue weighted by Gasteiger charge is 2.12. The monoisotopic (exact) mass is 269 g/mol. The van der Waals surface area contributed by atoms with E-state index in [0.717, 1.165) is 5.56 Å². The van der Waals surface area contributed by atoms with Crippen LogP contribution in [0.2, 0.25) is 5.15 Å². The molecule has 2 aromatic heterocycles. The van der Waals surface area contributed by atoms with Crippen LogP contribution in [0.5, 0.6) is 0 Å². The minimum atomic E-state index is 0.318. The molecule has 0 saturated heterocycles. The highest BCUT2D eigenvalue weighted by atomic mass is 35.5. The molecule has 0 atom stereocenters. The second-order valence-electron chi connectivity index (χ2n) is 3.92. The molecule has 0 aliphatic carbocycles. The van der Waals surface area contributed by atoms with Crippen LogP contribution in [0.3, 0.4) is 0 Å². The molecule has 0 bridgehead atoms. The van der Waals surface area contributed by atoms with Gasteiger partial charge in [-0.1, -0.05) is 35.9 Å². The van der Waals surface area contributed by atoms with Crippen molar-refractivity contribution in [3.8, 4) is 11.3 Å². The van der Waals surface area contributed by atoms with Crippen molar-refractivity contribution in [2.24, 2.45) is 0 Å². The number of nitrogens with zero attached hydrogens (tertiary/aromatic N) is 4. The van der Waals surface area contributed by atoms with E-state index in [2.05, 4.69) is 14.8 Å². The molecule has 0 fully saturated rings. The van der Waals surface area contributed by atoms with Gasteiger partial charge in [-0.05, 0) is 0 Å². The molecule has 3 rings (SSSR count). The van der Waals surface area contributed by atoms with Gasteiger partial charge in [-0.3, -0.25) is 4.40 Å². The van der Waals surface area contributed by atoms with Crippen molar-refractivity contribution in [3.05, 3.63) is 53.2 Å². The number of nitrogen functional groups attached to an aromatic ring is 1. The second-order valence-corrected chi connectivity index (χ2v) is 4.27. The summed E-state index contributed by atoms with van der Waals surface area (Å²) in [4.78, 5) is 11.7. The fourth-order valence-corrected chi connectivity index (χ4v) is 2.15. The first-order valence-corrected chi connectivity index (χ1v) is 5.84. The van der Waals surface area contributed by atoms with E-state index in [1.54, 1.807) is 41.1 Å². The Kier molecular flexibility index (Phi) is 2.58. The van der Waals surface area contributed by atoms with Gasteiger partial charge in [0.05, 0.1) is 6.57 Å². The Hall–Kier alpha value is -2.58. The Labute approximate surface area is 114 Å². The lowest BCUT2D eigenvalue weighted by molar-refractivity contribution is 1.14. The molecule has 92 valence electrons. The lowest BCUT2D eigenvalue weighted by Crippen LogP contribution is -2.00. The first-order chi connectivity index (χ1) is 9.20. The lowest BCUT2D eigenvalue weighted by atomic mass is 10.1. The third kappa shape index (κ3) is 1.79. The Morgan fingerprint density at radius 3 is 2.68 bits per heavy atom. The number of fused-ring (bicyclic) bond motifs is 1. The zero-order valence-corrected chi connectivity index (χ0v) is 10.5. The third-order valence-electron chi connectivity index (χ3n) is 2.78. The lowest BCUT2D eigenvalue weighted by Gasteiger charge is -2.08. The summed E-state index contributed by atoms with van der Waals surface area (Å²) in [6.07, 6.45) is 3.35. The summed E-state index contributed by atoms with van der Waals surface area (Å²) in [5.41, 5.74) is 8.34. The number of hydrogen-bond acceptors (Lipinski definition) is 3. The highest BCUT2D eigenvalue weighted by molar-refractivity contribution is 6.32. The molecule has 3 aromatic rings. The van der Waals surface area contributed by atoms with E-state index in [1.807, 2.05) is 0 Å². The first kappa shape index (κ1) is 11.5.